The summed E-state index contributed by atoms with van der Waals surface area (Å²) in [6, 6.07) is 26.8. The van der Waals surface area contributed by atoms with E-state index in [1.165, 1.54) is 0 Å². The molecule has 6 atom stereocenters. The molecule has 0 bridgehead atoms. The molecular formula is C43H54N4O4S. The minimum absolute atomic E-state index is 0.0307. The first kappa shape index (κ1) is 37.6. The standard InChI is InChI=1S/C43H54N4O4S/c1-30-14-9-10-21-38(30)46-26-12-11-20-36(42(46)50)44-40(48)34(28-32-16-5-3-6-17-32)23-24-35(29-33-18-7-4-8-19-33)41(49)45-37-25-27-52-39-22-13-15-31(2)47(39)43(37)51/h3-10,14,16-19,21,31,34-37,39H,11-13,15,20,22-29H2,1-2H3,(H,44,48)(H,45,49)/t31?,34?,35?,36?,37?,39-/m0/s1. The number of rotatable bonds is 12. The smallest absolute Gasteiger partial charge is 0.249 e. The summed E-state index contributed by atoms with van der Waals surface area (Å²) in [6.45, 7) is 4.75. The second-order valence-electron chi connectivity index (χ2n) is 14.9. The van der Waals surface area contributed by atoms with E-state index in [2.05, 4.69) is 17.6 Å². The topological polar surface area (TPSA) is 98.8 Å². The van der Waals surface area contributed by atoms with E-state index in [0.29, 0.717) is 45.1 Å². The van der Waals surface area contributed by atoms with E-state index in [1.807, 2.05) is 113 Å². The molecular weight excluding hydrogens is 669 g/mol. The number of carbonyl (C=O) groups is 4. The van der Waals surface area contributed by atoms with Gasteiger partial charge in [0.05, 0.1) is 5.37 Å². The van der Waals surface area contributed by atoms with Crippen molar-refractivity contribution in [3.63, 3.8) is 0 Å². The number of fused-ring (bicyclic) bond motifs is 1. The molecule has 3 aromatic rings. The summed E-state index contributed by atoms with van der Waals surface area (Å²) in [7, 11) is 0. The zero-order valence-electron chi connectivity index (χ0n) is 30.7. The first-order valence-corrected chi connectivity index (χ1v) is 20.3. The summed E-state index contributed by atoms with van der Waals surface area (Å²) in [5, 5.41) is 6.55. The molecule has 3 saturated heterocycles. The molecule has 3 aromatic carbocycles. The fraction of sp³-hybridized carbons (Fsp3) is 0.488. The second-order valence-corrected chi connectivity index (χ2v) is 16.2. The minimum atomic E-state index is -0.614. The molecule has 3 fully saturated rings. The van der Waals surface area contributed by atoms with Gasteiger partial charge in [-0.3, -0.25) is 19.2 Å². The number of anilines is 1. The first-order chi connectivity index (χ1) is 25.3. The third-order valence-corrected chi connectivity index (χ3v) is 12.4. The molecule has 8 nitrogen and oxygen atoms in total. The monoisotopic (exact) mass is 722 g/mol. The summed E-state index contributed by atoms with van der Waals surface area (Å²) in [4.78, 5) is 60.1. The fourth-order valence-electron chi connectivity index (χ4n) is 8.14. The molecule has 0 aromatic heterocycles. The van der Waals surface area contributed by atoms with E-state index in [4.69, 9.17) is 0 Å². The molecule has 0 saturated carbocycles. The number of nitrogens with zero attached hydrogens (tertiary/aromatic N) is 2. The zero-order chi connectivity index (χ0) is 36.5. The van der Waals surface area contributed by atoms with E-state index in [1.54, 1.807) is 0 Å². The van der Waals surface area contributed by atoms with Crippen molar-refractivity contribution in [2.45, 2.75) is 108 Å². The summed E-state index contributed by atoms with van der Waals surface area (Å²) in [5.41, 5.74) is 3.99. The highest BCUT2D eigenvalue weighted by Crippen LogP contribution is 2.34. The molecule has 0 aliphatic carbocycles. The van der Waals surface area contributed by atoms with Crippen LogP contribution in [0.15, 0.2) is 84.9 Å². The number of amides is 4. The number of benzene rings is 3. The van der Waals surface area contributed by atoms with Crippen molar-refractivity contribution in [2.24, 2.45) is 11.8 Å². The molecule has 4 amide bonds. The maximum absolute atomic E-state index is 14.3. The van der Waals surface area contributed by atoms with Gasteiger partial charge in [-0.25, -0.2) is 0 Å². The van der Waals surface area contributed by atoms with Gasteiger partial charge in [-0.2, -0.15) is 0 Å². The number of hydrogen-bond donors (Lipinski definition) is 2. The highest BCUT2D eigenvalue weighted by Gasteiger charge is 2.39. The van der Waals surface area contributed by atoms with Crippen LogP contribution in [0.2, 0.25) is 0 Å². The van der Waals surface area contributed by atoms with Crippen LogP contribution in [-0.2, 0) is 32.0 Å². The van der Waals surface area contributed by atoms with Crippen molar-refractivity contribution in [1.29, 1.82) is 0 Å². The van der Waals surface area contributed by atoms with Gasteiger partial charge >= 0.3 is 0 Å². The molecule has 52 heavy (non-hydrogen) atoms. The lowest BCUT2D eigenvalue weighted by Crippen LogP contribution is -2.55. The van der Waals surface area contributed by atoms with Gasteiger partial charge in [-0.1, -0.05) is 78.9 Å². The van der Waals surface area contributed by atoms with Crippen LogP contribution in [0, 0.1) is 18.8 Å². The zero-order valence-corrected chi connectivity index (χ0v) is 31.5. The van der Waals surface area contributed by atoms with Crippen molar-refractivity contribution in [3.8, 4) is 0 Å². The van der Waals surface area contributed by atoms with Crippen molar-refractivity contribution >= 4 is 41.1 Å². The molecule has 3 aliphatic heterocycles. The Morgan fingerprint density at radius 3 is 1.90 bits per heavy atom. The van der Waals surface area contributed by atoms with Crippen molar-refractivity contribution in [2.75, 3.05) is 17.2 Å². The molecule has 6 rings (SSSR count). The van der Waals surface area contributed by atoms with Crippen molar-refractivity contribution < 1.29 is 19.2 Å². The van der Waals surface area contributed by atoms with E-state index in [0.717, 1.165) is 60.2 Å². The van der Waals surface area contributed by atoms with E-state index >= 15 is 0 Å². The van der Waals surface area contributed by atoms with Gasteiger partial charge in [0.15, 0.2) is 0 Å². The average Bonchev–Trinajstić information content (AvgIpc) is 3.43. The maximum Gasteiger partial charge on any atom is 0.249 e. The van der Waals surface area contributed by atoms with Crippen LogP contribution in [0.3, 0.4) is 0 Å². The van der Waals surface area contributed by atoms with Gasteiger partial charge < -0.3 is 20.4 Å². The molecule has 2 N–H and O–H groups in total. The van der Waals surface area contributed by atoms with Crippen LogP contribution in [0.5, 0.6) is 0 Å². The predicted octanol–water partition coefficient (Wildman–Crippen LogP) is 6.84. The Morgan fingerprint density at radius 2 is 1.29 bits per heavy atom. The van der Waals surface area contributed by atoms with Gasteiger partial charge in [0.1, 0.15) is 12.1 Å². The normalized spacial score (nSPS) is 23.5. The van der Waals surface area contributed by atoms with Gasteiger partial charge in [0.2, 0.25) is 23.6 Å². The van der Waals surface area contributed by atoms with E-state index in [-0.39, 0.29) is 35.0 Å². The Kier molecular flexibility index (Phi) is 13.1. The number of piperidine rings is 1. The number of hydrogen-bond acceptors (Lipinski definition) is 5. The molecule has 3 aliphatic rings. The summed E-state index contributed by atoms with van der Waals surface area (Å²) >= 11 is 1.83. The third kappa shape index (κ3) is 9.46. The largest absolute Gasteiger partial charge is 0.344 e. The highest BCUT2D eigenvalue weighted by atomic mass is 32.2. The Labute approximate surface area is 313 Å². The van der Waals surface area contributed by atoms with Crippen LogP contribution >= 0.6 is 11.8 Å². The highest BCUT2D eigenvalue weighted by molar-refractivity contribution is 7.99. The molecule has 9 heteroatoms. The lowest BCUT2D eigenvalue weighted by Gasteiger charge is -2.40. The van der Waals surface area contributed by atoms with Crippen molar-refractivity contribution in [1.82, 2.24) is 15.5 Å². The van der Waals surface area contributed by atoms with E-state index < -0.39 is 23.9 Å². The van der Waals surface area contributed by atoms with Crippen LogP contribution < -0.4 is 15.5 Å². The SMILES string of the molecule is Cc1ccccc1N1CCCCC(NC(=O)C(CCC(Cc2ccccc2)C(=O)NC2CCS[C@H]3CCCC(C)N3C2=O)Cc2ccccc2)C1=O. The van der Waals surface area contributed by atoms with Crippen LogP contribution in [-0.4, -0.2) is 64.3 Å². The lowest BCUT2D eigenvalue weighted by molar-refractivity contribution is -0.140. The van der Waals surface area contributed by atoms with Gasteiger partial charge in [0.25, 0.3) is 0 Å². The summed E-state index contributed by atoms with van der Waals surface area (Å²) < 4.78 is 0. The Morgan fingerprint density at radius 1 is 0.712 bits per heavy atom. The molecule has 0 spiro atoms. The number of nitrogens with one attached hydrogen (secondary N) is 2. The third-order valence-electron chi connectivity index (χ3n) is 11.1. The Hall–Kier alpha value is -4.11. The van der Waals surface area contributed by atoms with Gasteiger partial charge in [-0.05, 0) is 113 Å². The Bertz CT molecular complexity index is 1670. The van der Waals surface area contributed by atoms with Crippen LogP contribution in [0.4, 0.5) is 5.69 Å². The van der Waals surface area contributed by atoms with Gasteiger partial charge in [-0.15, -0.1) is 11.8 Å². The number of thioether (sulfide) groups is 1. The minimum Gasteiger partial charge on any atom is -0.344 e. The first-order valence-electron chi connectivity index (χ1n) is 19.3. The quantitative estimate of drug-likeness (QED) is 0.213. The number of carbonyl (C=O) groups excluding carboxylic acids is 4. The Balaban J connectivity index is 1.19. The predicted molar refractivity (Wildman–Crippen MR) is 209 cm³/mol. The molecule has 5 unspecified atom stereocenters. The van der Waals surface area contributed by atoms with Gasteiger partial charge in [0, 0.05) is 30.1 Å². The second kappa shape index (κ2) is 18.1. The maximum atomic E-state index is 14.3. The van der Waals surface area contributed by atoms with Crippen LogP contribution in [0.25, 0.3) is 0 Å². The van der Waals surface area contributed by atoms with Crippen molar-refractivity contribution in [3.05, 3.63) is 102 Å². The number of para-hydroxylation sites is 1. The fourth-order valence-corrected chi connectivity index (χ4v) is 9.59. The van der Waals surface area contributed by atoms with E-state index in [9.17, 15) is 19.2 Å². The number of aryl methyl sites for hydroxylation is 1. The van der Waals surface area contributed by atoms with Crippen LogP contribution in [0.1, 0.15) is 81.4 Å². The lowest BCUT2D eigenvalue weighted by atomic mass is 9.86. The molecule has 3 heterocycles. The molecule has 276 valence electrons. The summed E-state index contributed by atoms with van der Waals surface area (Å²) in [6.07, 6.45) is 7.98. The average molecular weight is 723 g/mol. The molecule has 0 radical (unpaired) electrons. The summed E-state index contributed by atoms with van der Waals surface area (Å²) in [5.74, 6) is -0.380.